The van der Waals surface area contributed by atoms with Crippen LogP contribution in [0.25, 0.3) is 0 Å². The Bertz CT molecular complexity index is 1120. The molecule has 0 spiro atoms. The van der Waals surface area contributed by atoms with E-state index in [4.69, 9.17) is 4.42 Å². The van der Waals surface area contributed by atoms with E-state index in [1.165, 1.54) is 0 Å². The Labute approximate surface area is 187 Å². The average molecular weight is 482 g/mol. The first-order chi connectivity index (χ1) is 15.0. The van der Waals surface area contributed by atoms with Crippen LogP contribution in [0.15, 0.2) is 69.8 Å². The first-order valence-electron chi connectivity index (χ1n) is 9.84. The van der Waals surface area contributed by atoms with Crippen LogP contribution in [0.1, 0.15) is 39.3 Å². The van der Waals surface area contributed by atoms with Crippen molar-refractivity contribution in [3.63, 3.8) is 0 Å². The van der Waals surface area contributed by atoms with Gasteiger partial charge in [0.1, 0.15) is 0 Å². The maximum atomic E-state index is 12.5. The number of carbonyl (C=O) groups is 3. The van der Waals surface area contributed by atoms with E-state index in [0.717, 1.165) is 24.2 Å². The molecule has 1 fully saturated rings. The molecule has 158 valence electrons. The number of halogens is 1. The van der Waals surface area contributed by atoms with Gasteiger partial charge in [0.2, 0.25) is 5.91 Å². The summed E-state index contributed by atoms with van der Waals surface area (Å²) in [6.07, 6.45) is 1.48. The van der Waals surface area contributed by atoms with Crippen LogP contribution in [0.5, 0.6) is 0 Å². The van der Waals surface area contributed by atoms with E-state index in [-0.39, 0.29) is 17.6 Å². The Morgan fingerprint density at radius 3 is 2.52 bits per heavy atom. The van der Waals surface area contributed by atoms with Crippen LogP contribution in [0.3, 0.4) is 0 Å². The Morgan fingerprint density at radius 1 is 1.03 bits per heavy atom. The molecular weight excluding hydrogens is 462 g/mol. The van der Waals surface area contributed by atoms with Gasteiger partial charge in [0, 0.05) is 36.4 Å². The van der Waals surface area contributed by atoms with E-state index in [0.29, 0.717) is 28.9 Å². The number of hydrogen-bond acceptors (Lipinski definition) is 4. The monoisotopic (exact) mass is 481 g/mol. The normalized spacial score (nSPS) is 13.3. The van der Waals surface area contributed by atoms with E-state index in [2.05, 4.69) is 26.6 Å². The van der Waals surface area contributed by atoms with E-state index >= 15 is 0 Å². The number of benzene rings is 2. The molecule has 0 bridgehead atoms. The van der Waals surface area contributed by atoms with Gasteiger partial charge in [0.25, 0.3) is 11.8 Å². The molecule has 0 saturated carbocycles. The number of nitrogens with one attached hydrogen (secondary N) is 2. The number of anilines is 2. The fraction of sp³-hybridized carbons (Fsp3) is 0.174. The largest absolute Gasteiger partial charge is 0.444 e. The summed E-state index contributed by atoms with van der Waals surface area (Å²) in [5.41, 5.74) is 2.73. The van der Waals surface area contributed by atoms with Gasteiger partial charge in [-0.3, -0.25) is 14.4 Å². The highest BCUT2D eigenvalue weighted by atomic mass is 79.9. The van der Waals surface area contributed by atoms with Crippen molar-refractivity contribution in [1.29, 1.82) is 0 Å². The minimum absolute atomic E-state index is 0.146. The molecule has 2 heterocycles. The standard InChI is InChI=1S/C23H20BrN3O4/c24-20-11-10-19(31-20)23(30)26-17-4-1-3-16(13-17)22(29)25-14-15-6-8-18(9-7-15)27-12-2-5-21(27)28/h1,3-4,6-11,13H,2,5,12,14H2,(H,25,29)(H,26,30). The zero-order chi connectivity index (χ0) is 21.8. The van der Waals surface area contributed by atoms with Crippen molar-refractivity contribution < 1.29 is 18.8 Å². The van der Waals surface area contributed by atoms with Gasteiger partial charge in [0.15, 0.2) is 10.4 Å². The molecule has 1 aliphatic heterocycles. The molecule has 1 aliphatic rings. The van der Waals surface area contributed by atoms with Crippen LogP contribution in [0.4, 0.5) is 11.4 Å². The third-order valence-corrected chi connectivity index (χ3v) is 5.38. The topological polar surface area (TPSA) is 91.7 Å². The van der Waals surface area contributed by atoms with Crippen LogP contribution >= 0.6 is 15.9 Å². The Hall–Kier alpha value is -3.39. The predicted octanol–water partition coefficient (Wildman–Crippen LogP) is 4.35. The molecule has 7 nitrogen and oxygen atoms in total. The van der Waals surface area contributed by atoms with Gasteiger partial charge in [-0.15, -0.1) is 0 Å². The van der Waals surface area contributed by atoms with E-state index < -0.39 is 5.91 Å². The molecule has 2 aromatic carbocycles. The Morgan fingerprint density at radius 2 is 1.84 bits per heavy atom. The van der Waals surface area contributed by atoms with Crippen molar-refractivity contribution in [1.82, 2.24) is 5.32 Å². The third kappa shape index (κ3) is 5.03. The zero-order valence-corrected chi connectivity index (χ0v) is 18.1. The molecule has 3 aromatic rings. The van der Waals surface area contributed by atoms with Crippen LogP contribution in [0.2, 0.25) is 0 Å². The van der Waals surface area contributed by atoms with E-state index in [1.807, 2.05) is 24.3 Å². The Kier molecular flexibility index (Phi) is 6.18. The molecule has 3 amide bonds. The van der Waals surface area contributed by atoms with Crippen LogP contribution in [-0.2, 0) is 11.3 Å². The van der Waals surface area contributed by atoms with Gasteiger partial charge in [0.05, 0.1) is 0 Å². The summed E-state index contributed by atoms with van der Waals surface area (Å²) >= 11 is 3.16. The molecular formula is C23H20BrN3O4. The first-order valence-corrected chi connectivity index (χ1v) is 10.6. The summed E-state index contributed by atoms with van der Waals surface area (Å²) in [5.74, 6) is -0.344. The summed E-state index contributed by atoms with van der Waals surface area (Å²) in [6, 6.07) is 17.5. The second-order valence-corrected chi connectivity index (χ2v) is 7.92. The number of hydrogen-bond donors (Lipinski definition) is 2. The summed E-state index contributed by atoms with van der Waals surface area (Å²) in [5, 5.41) is 5.58. The number of carbonyl (C=O) groups excluding carboxylic acids is 3. The van der Waals surface area contributed by atoms with Crippen molar-refractivity contribution in [2.75, 3.05) is 16.8 Å². The van der Waals surface area contributed by atoms with Crippen molar-refractivity contribution >= 4 is 45.0 Å². The molecule has 0 radical (unpaired) electrons. The third-order valence-electron chi connectivity index (χ3n) is 4.95. The predicted molar refractivity (Wildman–Crippen MR) is 120 cm³/mol. The maximum absolute atomic E-state index is 12.5. The van der Waals surface area contributed by atoms with E-state index in [1.54, 1.807) is 41.3 Å². The summed E-state index contributed by atoms with van der Waals surface area (Å²) < 4.78 is 5.70. The summed E-state index contributed by atoms with van der Waals surface area (Å²) in [7, 11) is 0. The smallest absolute Gasteiger partial charge is 0.291 e. The second-order valence-electron chi connectivity index (χ2n) is 7.14. The molecule has 0 atom stereocenters. The molecule has 2 N–H and O–H groups in total. The highest BCUT2D eigenvalue weighted by Crippen LogP contribution is 2.22. The fourth-order valence-electron chi connectivity index (χ4n) is 3.37. The van der Waals surface area contributed by atoms with Crippen molar-refractivity contribution in [3.8, 4) is 0 Å². The zero-order valence-electron chi connectivity index (χ0n) is 16.6. The van der Waals surface area contributed by atoms with Crippen molar-refractivity contribution in [3.05, 3.63) is 82.2 Å². The second kappa shape index (κ2) is 9.18. The van der Waals surface area contributed by atoms with Crippen LogP contribution in [0, 0.1) is 0 Å². The highest BCUT2D eigenvalue weighted by Gasteiger charge is 2.21. The SMILES string of the molecule is O=C(NCc1ccc(N2CCCC2=O)cc1)c1cccc(NC(=O)c2ccc(Br)o2)c1. The number of furan rings is 1. The van der Waals surface area contributed by atoms with Gasteiger partial charge >= 0.3 is 0 Å². The van der Waals surface area contributed by atoms with Gasteiger partial charge < -0.3 is 20.0 Å². The lowest BCUT2D eigenvalue weighted by atomic mass is 10.1. The molecule has 1 saturated heterocycles. The lowest BCUT2D eigenvalue weighted by Crippen LogP contribution is -2.24. The van der Waals surface area contributed by atoms with E-state index in [9.17, 15) is 14.4 Å². The van der Waals surface area contributed by atoms with Gasteiger partial charge in [-0.2, -0.15) is 0 Å². The van der Waals surface area contributed by atoms with Gasteiger partial charge in [-0.25, -0.2) is 0 Å². The average Bonchev–Trinajstić information content (AvgIpc) is 3.41. The van der Waals surface area contributed by atoms with Gasteiger partial charge in [-0.1, -0.05) is 18.2 Å². The molecule has 1 aromatic heterocycles. The number of amides is 3. The number of rotatable bonds is 6. The highest BCUT2D eigenvalue weighted by molar-refractivity contribution is 9.10. The molecule has 8 heteroatoms. The lowest BCUT2D eigenvalue weighted by Gasteiger charge is -2.16. The summed E-state index contributed by atoms with van der Waals surface area (Å²) in [6.45, 7) is 1.10. The van der Waals surface area contributed by atoms with Crippen molar-refractivity contribution in [2.45, 2.75) is 19.4 Å². The molecule has 0 aliphatic carbocycles. The minimum atomic E-state index is -0.403. The quantitative estimate of drug-likeness (QED) is 0.547. The van der Waals surface area contributed by atoms with Crippen LogP contribution < -0.4 is 15.5 Å². The van der Waals surface area contributed by atoms with Crippen molar-refractivity contribution in [2.24, 2.45) is 0 Å². The molecule has 31 heavy (non-hydrogen) atoms. The number of nitrogens with zero attached hydrogens (tertiary/aromatic N) is 1. The minimum Gasteiger partial charge on any atom is -0.444 e. The summed E-state index contributed by atoms with van der Waals surface area (Å²) in [4.78, 5) is 38.4. The van der Waals surface area contributed by atoms with Gasteiger partial charge in [-0.05, 0) is 70.4 Å². The Balaban J connectivity index is 1.35. The molecule has 4 rings (SSSR count). The fourth-order valence-corrected chi connectivity index (χ4v) is 3.67. The first kappa shape index (κ1) is 20.9. The van der Waals surface area contributed by atoms with Crippen LogP contribution in [-0.4, -0.2) is 24.3 Å². The molecule has 0 unspecified atom stereocenters. The lowest BCUT2D eigenvalue weighted by molar-refractivity contribution is -0.117. The maximum Gasteiger partial charge on any atom is 0.291 e.